The van der Waals surface area contributed by atoms with Crippen LogP contribution in [0.3, 0.4) is 0 Å². The molecule has 1 aliphatic carbocycles. The molecular weight excluding hydrogens is 288 g/mol. The van der Waals surface area contributed by atoms with Crippen LogP contribution < -0.4 is 5.32 Å². The number of rotatable bonds is 4. The second-order valence-corrected chi connectivity index (χ2v) is 7.46. The summed E-state index contributed by atoms with van der Waals surface area (Å²) in [7, 11) is 0. The van der Waals surface area contributed by atoms with Crippen LogP contribution in [0, 0.1) is 5.92 Å². The van der Waals surface area contributed by atoms with Crippen LogP contribution in [0.1, 0.15) is 25.3 Å². The van der Waals surface area contributed by atoms with Gasteiger partial charge < -0.3 is 5.32 Å². The van der Waals surface area contributed by atoms with Crippen molar-refractivity contribution in [2.75, 3.05) is 5.75 Å². The lowest BCUT2D eigenvalue weighted by molar-refractivity contribution is -0.119. The Bertz CT molecular complexity index is 540. The monoisotopic (exact) mass is 306 g/mol. The minimum absolute atomic E-state index is 0.122. The zero-order valence-corrected chi connectivity index (χ0v) is 13.1. The van der Waals surface area contributed by atoms with Gasteiger partial charge in [-0.25, -0.2) is 4.99 Å². The molecule has 20 heavy (non-hydrogen) atoms. The smallest absolute Gasteiger partial charge is 0.230 e. The van der Waals surface area contributed by atoms with Crippen LogP contribution in [0.5, 0.6) is 0 Å². The van der Waals surface area contributed by atoms with Gasteiger partial charge in [-0.15, -0.1) is 0 Å². The van der Waals surface area contributed by atoms with Gasteiger partial charge in [-0.3, -0.25) is 4.79 Å². The van der Waals surface area contributed by atoms with Crippen molar-refractivity contribution >= 4 is 39.5 Å². The van der Waals surface area contributed by atoms with E-state index in [2.05, 4.69) is 23.3 Å². The van der Waals surface area contributed by atoms with Crippen LogP contribution in [-0.4, -0.2) is 22.1 Å². The predicted octanol–water partition coefficient (Wildman–Crippen LogP) is 3.57. The molecule has 1 atom stereocenters. The zero-order valence-electron chi connectivity index (χ0n) is 11.5. The van der Waals surface area contributed by atoms with E-state index < -0.39 is 0 Å². The lowest BCUT2D eigenvalue weighted by atomic mass is 10.2. The minimum Gasteiger partial charge on any atom is -0.353 e. The van der Waals surface area contributed by atoms with E-state index in [9.17, 15) is 4.79 Å². The van der Waals surface area contributed by atoms with E-state index in [1.165, 1.54) is 18.4 Å². The summed E-state index contributed by atoms with van der Waals surface area (Å²) in [5.74, 6) is 2.24. The summed E-state index contributed by atoms with van der Waals surface area (Å²) in [6.07, 6.45) is 2.52. The van der Waals surface area contributed by atoms with Crippen LogP contribution in [-0.2, 0) is 10.5 Å². The number of para-hydroxylation sites is 1. The summed E-state index contributed by atoms with van der Waals surface area (Å²) in [6, 6.07) is 8.51. The van der Waals surface area contributed by atoms with E-state index in [0.29, 0.717) is 17.7 Å². The Kier molecular flexibility index (Phi) is 4.36. The highest BCUT2D eigenvalue weighted by molar-refractivity contribution is 8.38. The van der Waals surface area contributed by atoms with E-state index in [4.69, 9.17) is 0 Å². The molecular formula is C15H18N2OS2. The maximum absolute atomic E-state index is 11.9. The van der Waals surface area contributed by atoms with Crippen molar-refractivity contribution < 1.29 is 4.79 Å². The quantitative estimate of drug-likeness (QED) is 0.924. The van der Waals surface area contributed by atoms with E-state index in [1.807, 2.05) is 18.2 Å². The summed E-state index contributed by atoms with van der Waals surface area (Å²) in [4.78, 5) is 16.5. The Morgan fingerprint density at radius 2 is 2.30 bits per heavy atom. The number of carbonyl (C=O) groups excluding carboxylic acids is 1. The molecule has 1 aromatic carbocycles. The fraction of sp³-hybridized carbons (Fsp3) is 0.467. The van der Waals surface area contributed by atoms with Gasteiger partial charge in [0.05, 0.1) is 11.4 Å². The summed E-state index contributed by atoms with van der Waals surface area (Å²) >= 11 is 3.26. The highest BCUT2D eigenvalue weighted by Gasteiger charge is 2.28. The average Bonchev–Trinajstić information content (AvgIpc) is 3.29. The molecule has 0 unspecified atom stereocenters. The standard InChI is InChI=1S/C15H18N2OS2/c1-10(11-6-7-11)16-14(18)9-20-15-17-13-5-3-2-4-12(13)8-19-15/h2-5,10-11H,6-9H2,1H3,(H,16,18)/t10-/m0/s1. The minimum atomic E-state index is 0.122. The number of hydrogen-bond acceptors (Lipinski definition) is 4. The van der Waals surface area contributed by atoms with Gasteiger partial charge >= 0.3 is 0 Å². The van der Waals surface area contributed by atoms with Crippen molar-refractivity contribution in [3.8, 4) is 0 Å². The highest BCUT2D eigenvalue weighted by atomic mass is 32.2. The number of aliphatic imine (C=N–C) groups is 1. The van der Waals surface area contributed by atoms with Crippen molar-refractivity contribution in [1.29, 1.82) is 0 Å². The third-order valence-electron chi connectivity index (χ3n) is 3.60. The molecule has 1 saturated carbocycles. The first kappa shape index (κ1) is 14.0. The second-order valence-electron chi connectivity index (χ2n) is 5.28. The van der Waals surface area contributed by atoms with Gasteiger partial charge in [0.25, 0.3) is 0 Å². The Balaban J connectivity index is 1.51. The number of nitrogens with one attached hydrogen (secondary N) is 1. The fourth-order valence-corrected chi connectivity index (χ4v) is 4.10. The van der Waals surface area contributed by atoms with Gasteiger partial charge in [-0.05, 0) is 37.3 Å². The van der Waals surface area contributed by atoms with Crippen molar-refractivity contribution in [3.63, 3.8) is 0 Å². The average molecular weight is 306 g/mol. The molecule has 0 aromatic heterocycles. The van der Waals surface area contributed by atoms with Gasteiger partial charge in [0, 0.05) is 11.8 Å². The lowest BCUT2D eigenvalue weighted by Gasteiger charge is -2.15. The topological polar surface area (TPSA) is 41.5 Å². The molecule has 106 valence electrons. The van der Waals surface area contributed by atoms with E-state index >= 15 is 0 Å². The van der Waals surface area contributed by atoms with Crippen LogP contribution in [0.15, 0.2) is 29.3 Å². The molecule has 1 aliphatic heterocycles. The summed E-state index contributed by atoms with van der Waals surface area (Å²) in [5.41, 5.74) is 2.31. The number of hydrogen-bond donors (Lipinski definition) is 1. The molecule has 2 aliphatic rings. The number of thioether (sulfide) groups is 2. The highest BCUT2D eigenvalue weighted by Crippen LogP contribution is 2.35. The normalized spacial score (nSPS) is 18.9. The van der Waals surface area contributed by atoms with Crippen molar-refractivity contribution in [3.05, 3.63) is 29.8 Å². The number of nitrogens with zero attached hydrogens (tertiary/aromatic N) is 1. The number of carbonyl (C=O) groups is 1. The number of fused-ring (bicyclic) bond motifs is 1. The van der Waals surface area contributed by atoms with Crippen molar-refractivity contribution in [2.45, 2.75) is 31.6 Å². The molecule has 5 heteroatoms. The molecule has 1 amide bonds. The van der Waals surface area contributed by atoms with Crippen LogP contribution in [0.25, 0.3) is 0 Å². The Morgan fingerprint density at radius 3 is 3.10 bits per heavy atom. The lowest BCUT2D eigenvalue weighted by Crippen LogP contribution is -2.35. The largest absolute Gasteiger partial charge is 0.353 e. The summed E-state index contributed by atoms with van der Waals surface area (Å²) in [5, 5.41) is 3.08. The molecule has 1 heterocycles. The first-order chi connectivity index (χ1) is 9.72. The first-order valence-corrected chi connectivity index (χ1v) is 8.91. The first-order valence-electron chi connectivity index (χ1n) is 6.94. The zero-order chi connectivity index (χ0) is 13.9. The van der Waals surface area contributed by atoms with Gasteiger partial charge in [-0.1, -0.05) is 41.7 Å². The Labute approximate surface area is 128 Å². The van der Waals surface area contributed by atoms with Crippen molar-refractivity contribution in [1.82, 2.24) is 5.32 Å². The van der Waals surface area contributed by atoms with Crippen molar-refractivity contribution in [2.24, 2.45) is 10.9 Å². The Hall–Kier alpha value is -0.940. The van der Waals surface area contributed by atoms with Crippen LogP contribution in [0.4, 0.5) is 5.69 Å². The van der Waals surface area contributed by atoms with Gasteiger partial charge in [-0.2, -0.15) is 0 Å². The van der Waals surface area contributed by atoms with E-state index in [1.54, 1.807) is 23.5 Å². The van der Waals surface area contributed by atoms with Crippen LogP contribution in [0.2, 0.25) is 0 Å². The molecule has 1 N–H and O–H groups in total. The summed E-state index contributed by atoms with van der Waals surface area (Å²) in [6.45, 7) is 2.10. The molecule has 0 bridgehead atoms. The predicted molar refractivity (Wildman–Crippen MR) is 87.6 cm³/mol. The molecule has 0 saturated heterocycles. The molecule has 3 nitrogen and oxygen atoms in total. The molecule has 1 aromatic rings. The maximum Gasteiger partial charge on any atom is 0.230 e. The SMILES string of the molecule is C[C@H](NC(=O)CSC1=Nc2ccccc2CS1)C1CC1. The number of benzene rings is 1. The van der Waals surface area contributed by atoms with Gasteiger partial charge in [0.1, 0.15) is 4.38 Å². The van der Waals surface area contributed by atoms with Gasteiger partial charge in [0.2, 0.25) is 5.91 Å². The molecule has 0 radical (unpaired) electrons. The summed E-state index contributed by atoms with van der Waals surface area (Å²) < 4.78 is 0.998. The van der Waals surface area contributed by atoms with Crippen LogP contribution >= 0.6 is 23.5 Å². The third kappa shape index (κ3) is 3.58. The number of amides is 1. The van der Waals surface area contributed by atoms with E-state index in [-0.39, 0.29) is 5.91 Å². The molecule has 3 rings (SSSR count). The maximum atomic E-state index is 11.9. The van der Waals surface area contributed by atoms with E-state index in [0.717, 1.165) is 15.8 Å². The van der Waals surface area contributed by atoms with Gasteiger partial charge in [0.15, 0.2) is 0 Å². The fourth-order valence-electron chi connectivity index (χ4n) is 2.22. The Morgan fingerprint density at radius 1 is 1.50 bits per heavy atom. The molecule has 1 fully saturated rings. The second kappa shape index (κ2) is 6.22. The third-order valence-corrected chi connectivity index (χ3v) is 5.84. The molecule has 0 spiro atoms.